The molecule has 1 fully saturated rings. The maximum Gasteiger partial charge on any atom is 0.410 e. The van der Waals surface area contributed by atoms with E-state index < -0.39 is 5.60 Å². The molecule has 1 atom stereocenters. The number of aliphatic hydroxyl groups is 1. The van der Waals surface area contributed by atoms with Crippen molar-refractivity contribution in [1.29, 1.82) is 0 Å². The minimum atomic E-state index is -0.499. The normalized spacial score (nSPS) is 21.5. The predicted molar refractivity (Wildman–Crippen MR) is 57.7 cm³/mol. The van der Waals surface area contributed by atoms with Crippen LogP contribution in [-0.4, -0.2) is 34.3 Å². The van der Waals surface area contributed by atoms with Crippen LogP contribution in [0.15, 0.2) is 12.3 Å². The van der Waals surface area contributed by atoms with E-state index in [-0.39, 0.29) is 17.9 Å². The molecule has 1 aliphatic heterocycles. The Balaban J connectivity index is 2.63. The summed E-state index contributed by atoms with van der Waals surface area (Å²) in [6.07, 6.45) is 1.26. The van der Waals surface area contributed by atoms with E-state index in [1.54, 1.807) is 0 Å². The van der Waals surface area contributed by atoms with Crippen molar-refractivity contribution in [2.24, 2.45) is 0 Å². The fourth-order valence-electron chi connectivity index (χ4n) is 1.65. The number of aliphatic hydroxyl groups excluding tert-OH is 1. The number of hydrogen-bond acceptors (Lipinski definition) is 3. The summed E-state index contributed by atoms with van der Waals surface area (Å²) in [5.41, 5.74) is -0.499. The Kier molecular flexibility index (Phi) is 3.27. The Morgan fingerprint density at radius 1 is 1.53 bits per heavy atom. The minimum absolute atomic E-state index is 0.0401. The van der Waals surface area contributed by atoms with E-state index in [4.69, 9.17) is 4.74 Å². The first-order chi connectivity index (χ1) is 6.81. The Morgan fingerprint density at radius 3 is 2.60 bits per heavy atom. The molecule has 0 bridgehead atoms. The van der Waals surface area contributed by atoms with Gasteiger partial charge in [-0.2, -0.15) is 0 Å². The van der Waals surface area contributed by atoms with Crippen molar-refractivity contribution in [3.05, 3.63) is 12.3 Å². The Bertz CT molecular complexity index is 267. The Labute approximate surface area is 90.5 Å². The zero-order valence-electron chi connectivity index (χ0n) is 9.62. The van der Waals surface area contributed by atoms with Crippen LogP contribution in [-0.2, 0) is 4.74 Å². The number of likely N-dealkylation sites (tertiary alicyclic amines) is 1. The molecule has 1 N–H and O–H groups in total. The Hall–Kier alpha value is -1.19. The van der Waals surface area contributed by atoms with Gasteiger partial charge in [0.1, 0.15) is 11.4 Å². The second-order valence-electron chi connectivity index (χ2n) is 4.82. The molecule has 0 spiro atoms. The highest BCUT2D eigenvalue weighted by molar-refractivity contribution is 5.69. The van der Waals surface area contributed by atoms with Gasteiger partial charge in [-0.25, -0.2) is 4.79 Å². The molecule has 15 heavy (non-hydrogen) atoms. The first kappa shape index (κ1) is 11.9. The van der Waals surface area contributed by atoms with Crippen LogP contribution in [0, 0.1) is 0 Å². The van der Waals surface area contributed by atoms with Gasteiger partial charge in [-0.15, -0.1) is 0 Å². The van der Waals surface area contributed by atoms with Crippen LogP contribution in [0.5, 0.6) is 0 Å². The lowest BCUT2D eigenvalue weighted by Gasteiger charge is -2.28. The number of rotatable bonds is 1. The lowest BCUT2D eigenvalue weighted by Crippen LogP contribution is -2.40. The molecular weight excluding hydrogens is 194 g/mol. The molecule has 0 aliphatic carbocycles. The fraction of sp³-hybridized carbons (Fsp3) is 0.727. The molecule has 4 heteroatoms. The fourth-order valence-corrected chi connectivity index (χ4v) is 1.65. The zero-order chi connectivity index (χ0) is 11.6. The minimum Gasteiger partial charge on any atom is -0.511 e. The molecule has 1 amide bonds. The largest absolute Gasteiger partial charge is 0.511 e. The molecule has 1 heterocycles. The van der Waals surface area contributed by atoms with E-state index in [2.05, 4.69) is 6.58 Å². The molecule has 86 valence electrons. The molecule has 4 nitrogen and oxygen atoms in total. The number of carbonyl (C=O) groups is 1. The summed E-state index contributed by atoms with van der Waals surface area (Å²) in [5, 5.41) is 9.33. The summed E-state index contributed by atoms with van der Waals surface area (Å²) in [5.74, 6) is 0.0401. The smallest absolute Gasteiger partial charge is 0.410 e. The van der Waals surface area contributed by atoms with E-state index in [0.29, 0.717) is 6.54 Å². The molecule has 0 aromatic heterocycles. The third-order valence-electron chi connectivity index (χ3n) is 2.27. The average Bonchev–Trinajstić information content (AvgIpc) is 2.47. The summed E-state index contributed by atoms with van der Waals surface area (Å²) in [4.78, 5) is 13.3. The standard InChI is InChI=1S/C11H19NO3/c1-8(13)9-6-5-7-12(9)10(14)15-11(2,3)4/h9,13H,1,5-7H2,2-4H3/t9-/m0/s1. The molecule has 0 aromatic rings. The molecule has 0 aromatic carbocycles. The van der Waals surface area contributed by atoms with Crippen LogP contribution in [0.25, 0.3) is 0 Å². The van der Waals surface area contributed by atoms with Crippen LogP contribution < -0.4 is 0 Å². The third-order valence-corrected chi connectivity index (χ3v) is 2.27. The SMILES string of the molecule is C=C(O)[C@@H]1CCCN1C(=O)OC(C)(C)C. The molecular formula is C11H19NO3. The second kappa shape index (κ2) is 4.13. The van der Waals surface area contributed by atoms with Crippen LogP contribution in [0.3, 0.4) is 0 Å². The van der Waals surface area contributed by atoms with Crippen LogP contribution in [0.4, 0.5) is 4.79 Å². The number of carbonyl (C=O) groups excluding carboxylic acids is 1. The number of ether oxygens (including phenoxy) is 1. The molecule has 0 radical (unpaired) electrons. The van der Waals surface area contributed by atoms with Crippen molar-refractivity contribution in [2.45, 2.75) is 45.3 Å². The molecule has 1 saturated heterocycles. The monoisotopic (exact) mass is 213 g/mol. The Morgan fingerprint density at radius 2 is 2.13 bits per heavy atom. The van der Waals surface area contributed by atoms with Gasteiger partial charge in [0.25, 0.3) is 0 Å². The highest BCUT2D eigenvalue weighted by Gasteiger charge is 2.33. The van der Waals surface area contributed by atoms with Crippen molar-refractivity contribution >= 4 is 6.09 Å². The summed E-state index contributed by atoms with van der Waals surface area (Å²) in [6, 6.07) is -0.278. The maximum absolute atomic E-state index is 11.7. The topological polar surface area (TPSA) is 49.8 Å². The molecule has 0 saturated carbocycles. The highest BCUT2D eigenvalue weighted by Crippen LogP contribution is 2.23. The van der Waals surface area contributed by atoms with Crippen LogP contribution >= 0.6 is 0 Å². The van der Waals surface area contributed by atoms with E-state index >= 15 is 0 Å². The number of hydrogen-bond donors (Lipinski definition) is 1. The lowest BCUT2D eigenvalue weighted by atomic mass is 10.2. The van der Waals surface area contributed by atoms with Gasteiger partial charge in [-0.1, -0.05) is 6.58 Å². The molecule has 0 unspecified atom stereocenters. The van der Waals surface area contributed by atoms with Crippen LogP contribution in [0.1, 0.15) is 33.6 Å². The third kappa shape index (κ3) is 3.15. The van der Waals surface area contributed by atoms with E-state index in [1.165, 1.54) is 4.90 Å². The van der Waals surface area contributed by atoms with Crippen LogP contribution in [0.2, 0.25) is 0 Å². The van der Waals surface area contributed by atoms with Gasteiger partial charge < -0.3 is 9.84 Å². The molecule has 1 aliphatic rings. The van der Waals surface area contributed by atoms with Gasteiger partial charge in [0.2, 0.25) is 0 Å². The summed E-state index contributed by atoms with van der Waals surface area (Å²) < 4.78 is 5.24. The van der Waals surface area contributed by atoms with E-state index in [1.807, 2.05) is 20.8 Å². The number of amides is 1. The van der Waals surface area contributed by atoms with Gasteiger partial charge in [-0.05, 0) is 33.6 Å². The van der Waals surface area contributed by atoms with E-state index in [9.17, 15) is 9.90 Å². The molecule has 1 rings (SSSR count). The highest BCUT2D eigenvalue weighted by atomic mass is 16.6. The second-order valence-corrected chi connectivity index (χ2v) is 4.82. The zero-order valence-corrected chi connectivity index (χ0v) is 9.62. The lowest BCUT2D eigenvalue weighted by molar-refractivity contribution is 0.0223. The first-order valence-corrected chi connectivity index (χ1v) is 5.18. The van der Waals surface area contributed by atoms with Crippen molar-refractivity contribution in [2.75, 3.05) is 6.54 Å². The summed E-state index contributed by atoms with van der Waals surface area (Å²) in [7, 11) is 0. The van der Waals surface area contributed by atoms with Gasteiger partial charge in [0, 0.05) is 6.54 Å². The van der Waals surface area contributed by atoms with Gasteiger partial charge in [-0.3, -0.25) is 4.90 Å². The van der Waals surface area contributed by atoms with Crippen molar-refractivity contribution in [1.82, 2.24) is 4.90 Å². The van der Waals surface area contributed by atoms with Crippen molar-refractivity contribution < 1.29 is 14.6 Å². The van der Waals surface area contributed by atoms with Crippen molar-refractivity contribution in [3.8, 4) is 0 Å². The van der Waals surface area contributed by atoms with Gasteiger partial charge in [0.15, 0.2) is 0 Å². The average molecular weight is 213 g/mol. The maximum atomic E-state index is 11.7. The number of nitrogens with zero attached hydrogens (tertiary/aromatic N) is 1. The quantitative estimate of drug-likeness (QED) is 0.681. The van der Waals surface area contributed by atoms with Gasteiger partial charge in [0.05, 0.1) is 6.04 Å². The first-order valence-electron chi connectivity index (χ1n) is 5.18. The van der Waals surface area contributed by atoms with Crippen molar-refractivity contribution in [3.63, 3.8) is 0 Å². The summed E-state index contributed by atoms with van der Waals surface area (Å²) in [6.45, 7) is 9.57. The van der Waals surface area contributed by atoms with E-state index in [0.717, 1.165) is 12.8 Å². The predicted octanol–water partition coefficient (Wildman–Crippen LogP) is 2.46. The van der Waals surface area contributed by atoms with Gasteiger partial charge >= 0.3 is 6.09 Å². The summed E-state index contributed by atoms with van der Waals surface area (Å²) >= 11 is 0.